The number of ether oxygens (including phenoxy) is 1. The van der Waals surface area contributed by atoms with Crippen LogP contribution in [0.4, 0.5) is 8.78 Å². The van der Waals surface area contributed by atoms with Crippen molar-refractivity contribution in [1.82, 2.24) is 19.7 Å². The van der Waals surface area contributed by atoms with Crippen molar-refractivity contribution >= 4 is 11.8 Å². The second-order valence-electron chi connectivity index (χ2n) is 9.02. The molecule has 0 spiro atoms. The Bertz CT molecular complexity index is 1230. The number of amides is 2. The van der Waals surface area contributed by atoms with Gasteiger partial charge in [-0.05, 0) is 18.9 Å². The number of nitrogens with one attached hydrogen (secondary N) is 1. The molecule has 3 aliphatic rings. The van der Waals surface area contributed by atoms with Crippen LogP contribution in [-0.4, -0.2) is 69.8 Å². The summed E-state index contributed by atoms with van der Waals surface area (Å²) in [4.78, 5) is 43.7. The van der Waals surface area contributed by atoms with Crippen LogP contribution in [0.25, 0.3) is 0 Å². The van der Waals surface area contributed by atoms with Crippen LogP contribution in [0.2, 0.25) is 0 Å². The summed E-state index contributed by atoms with van der Waals surface area (Å²) < 4.78 is 34.4. The van der Waals surface area contributed by atoms with Crippen molar-refractivity contribution in [2.45, 2.75) is 44.6 Å². The van der Waals surface area contributed by atoms with Gasteiger partial charge in [-0.25, -0.2) is 8.78 Å². The number of hydrogen-bond donors (Lipinski definition) is 2. The highest BCUT2D eigenvalue weighted by molar-refractivity contribution is 5.99. The van der Waals surface area contributed by atoms with Crippen molar-refractivity contribution in [1.29, 1.82) is 0 Å². The summed E-state index contributed by atoms with van der Waals surface area (Å²) in [6.45, 7) is 1.42. The molecule has 0 bridgehead atoms. The van der Waals surface area contributed by atoms with Crippen LogP contribution < -0.4 is 15.5 Å². The lowest BCUT2D eigenvalue weighted by Crippen LogP contribution is -2.50. The third kappa shape index (κ3) is 4.19. The van der Waals surface area contributed by atoms with Crippen LogP contribution in [0.3, 0.4) is 0 Å². The van der Waals surface area contributed by atoms with E-state index in [1.165, 1.54) is 12.3 Å². The van der Waals surface area contributed by atoms with Crippen molar-refractivity contribution in [3.8, 4) is 5.75 Å². The van der Waals surface area contributed by atoms with E-state index in [2.05, 4.69) is 10.2 Å². The van der Waals surface area contributed by atoms with Crippen molar-refractivity contribution < 1.29 is 28.2 Å². The van der Waals surface area contributed by atoms with E-state index < -0.39 is 23.0 Å². The van der Waals surface area contributed by atoms with Gasteiger partial charge in [-0.15, -0.1) is 0 Å². The second-order valence-corrected chi connectivity index (χ2v) is 9.02. The molecule has 2 amide bonds. The van der Waals surface area contributed by atoms with Crippen LogP contribution in [0.1, 0.15) is 45.7 Å². The number of benzene rings is 1. The van der Waals surface area contributed by atoms with Gasteiger partial charge < -0.3 is 24.6 Å². The maximum absolute atomic E-state index is 14.0. The molecule has 9 nitrogen and oxygen atoms in total. The Morgan fingerprint density at radius 3 is 2.83 bits per heavy atom. The zero-order chi connectivity index (χ0) is 24.7. The molecule has 2 N–H and O–H groups in total. The quantitative estimate of drug-likeness (QED) is 0.566. The molecule has 2 aromatic rings. The summed E-state index contributed by atoms with van der Waals surface area (Å²) in [5, 5.41) is 11.6. The van der Waals surface area contributed by atoms with Crippen molar-refractivity contribution in [3.63, 3.8) is 0 Å². The summed E-state index contributed by atoms with van der Waals surface area (Å²) >= 11 is 0. The van der Waals surface area contributed by atoms with E-state index in [0.29, 0.717) is 19.2 Å². The third-order valence-electron chi connectivity index (χ3n) is 6.88. The zero-order valence-corrected chi connectivity index (χ0v) is 19.0. The second kappa shape index (κ2) is 9.38. The fourth-order valence-electron chi connectivity index (χ4n) is 5.18. The topological polar surface area (TPSA) is 104 Å². The molecule has 0 unspecified atom stereocenters. The summed E-state index contributed by atoms with van der Waals surface area (Å²) in [6, 6.07) is 3.29. The lowest BCUT2D eigenvalue weighted by atomic mass is 10.1. The normalized spacial score (nSPS) is 21.0. The predicted molar refractivity (Wildman–Crippen MR) is 120 cm³/mol. The number of carbonyl (C=O) groups excluding carboxylic acids is 2. The Morgan fingerprint density at radius 2 is 2.06 bits per heavy atom. The Morgan fingerprint density at radius 1 is 1.23 bits per heavy atom. The van der Waals surface area contributed by atoms with Crippen LogP contribution >= 0.6 is 0 Å². The van der Waals surface area contributed by atoms with Crippen molar-refractivity contribution in [2.75, 3.05) is 26.3 Å². The molecule has 0 aliphatic carbocycles. The van der Waals surface area contributed by atoms with Crippen LogP contribution in [0.15, 0.2) is 29.2 Å². The van der Waals surface area contributed by atoms with Crippen LogP contribution in [0.5, 0.6) is 5.75 Å². The van der Waals surface area contributed by atoms with E-state index >= 15 is 0 Å². The van der Waals surface area contributed by atoms with E-state index in [-0.39, 0.29) is 66.9 Å². The molecule has 2 saturated heterocycles. The highest BCUT2D eigenvalue weighted by atomic mass is 19.1. The number of carbonyl (C=O) groups is 2. The van der Waals surface area contributed by atoms with Crippen LogP contribution in [0, 0.1) is 11.6 Å². The molecule has 0 radical (unpaired) electrons. The number of aliphatic hydroxyl groups is 1. The lowest BCUT2D eigenvalue weighted by Gasteiger charge is -2.36. The SMILES string of the molecule is O=C(NCc1ccc(F)cc1F)c1cn2c(c(OCCCO)c1=O)C(=O)N1C[C@H]3CCCN3[C@@H]1C2. The Kier molecular flexibility index (Phi) is 6.28. The van der Waals surface area contributed by atoms with Gasteiger partial charge in [0.15, 0.2) is 11.4 Å². The average molecular weight is 488 g/mol. The first-order valence-electron chi connectivity index (χ1n) is 11.7. The first-order chi connectivity index (χ1) is 16.9. The molecule has 5 rings (SSSR count). The van der Waals surface area contributed by atoms with Crippen LogP contribution in [-0.2, 0) is 13.1 Å². The molecule has 35 heavy (non-hydrogen) atoms. The minimum atomic E-state index is -0.812. The number of halogens is 2. The minimum absolute atomic E-state index is 0.00391. The van der Waals surface area contributed by atoms with Gasteiger partial charge in [0, 0.05) is 56.5 Å². The van der Waals surface area contributed by atoms with E-state index in [1.807, 2.05) is 0 Å². The number of hydrogen-bond acceptors (Lipinski definition) is 6. The molecule has 11 heteroatoms. The molecule has 3 aliphatic heterocycles. The number of rotatable bonds is 7. The van der Waals surface area contributed by atoms with Gasteiger partial charge in [0.2, 0.25) is 5.43 Å². The molecule has 1 aromatic carbocycles. The molecular weight excluding hydrogens is 462 g/mol. The molecule has 2 fully saturated rings. The first kappa shape index (κ1) is 23.4. The number of pyridine rings is 1. The van der Waals surface area contributed by atoms with E-state index in [9.17, 15) is 23.2 Å². The Labute approximate surface area is 199 Å². The van der Waals surface area contributed by atoms with Gasteiger partial charge in [-0.3, -0.25) is 19.3 Å². The number of aromatic nitrogens is 1. The van der Waals surface area contributed by atoms with E-state index in [0.717, 1.165) is 25.5 Å². The highest BCUT2D eigenvalue weighted by Gasteiger charge is 2.48. The van der Waals surface area contributed by atoms with Gasteiger partial charge in [0.25, 0.3) is 11.8 Å². The zero-order valence-electron chi connectivity index (χ0n) is 19.0. The molecule has 0 saturated carbocycles. The first-order valence-corrected chi connectivity index (χ1v) is 11.7. The summed E-state index contributed by atoms with van der Waals surface area (Å²) in [5.41, 5.74) is -0.842. The fourth-order valence-corrected chi connectivity index (χ4v) is 5.18. The van der Waals surface area contributed by atoms with E-state index in [4.69, 9.17) is 9.84 Å². The molecular formula is C24H26F2N4O5. The maximum Gasteiger partial charge on any atom is 0.275 e. The minimum Gasteiger partial charge on any atom is -0.487 e. The van der Waals surface area contributed by atoms with Gasteiger partial charge in [-0.2, -0.15) is 0 Å². The Balaban J connectivity index is 1.47. The third-order valence-corrected chi connectivity index (χ3v) is 6.88. The smallest absolute Gasteiger partial charge is 0.275 e. The molecule has 186 valence electrons. The lowest BCUT2D eigenvalue weighted by molar-refractivity contribution is 0.0510. The summed E-state index contributed by atoms with van der Waals surface area (Å²) in [5.74, 6) is -2.86. The monoisotopic (exact) mass is 488 g/mol. The van der Waals surface area contributed by atoms with E-state index in [1.54, 1.807) is 9.47 Å². The number of nitrogens with zero attached hydrogens (tertiary/aromatic N) is 3. The van der Waals surface area contributed by atoms with Gasteiger partial charge in [-0.1, -0.05) is 6.07 Å². The van der Waals surface area contributed by atoms with Crippen molar-refractivity contribution in [2.24, 2.45) is 0 Å². The summed E-state index contributed by atoms with van der Waals surface area (Å²) in [7, 11) is 0. The Hall–Kier alpha value is -3.31. The van der Waals surface area contributed by atoms with Crippen molar-refractivity contribution in [3.05, 3.63) is 63.1 Å². The predicted octanol–water partition coefficient (Wildman–Crippen LogP) is 1.08. The van der Waals surface area contributed by atoms with Gasteiger partial charge in [0.05, 0.1) is 13.2 Å². The standard InChI is InChI=1S/C24H26F2N4O5/c25-15-5-4-14(18(26)9-15)10-27-23(33)17-12-28-13-19-29-6-1-3-16(29)11-30(19)24(34)20(28)22(21(17)32)35-8-2-7-31/h4-5,9,12,16,19,31H,1-3,6-8,10-11,13H2,(H,27,33)/t16-,19+/m1/s1. The molecule has 4 heterocycles. The van der Waals surface area contributed by atoms with Gasteiger partial charge in [0.1, 0.15) is 23.4 Å². The number of aliphatic hydroxyl groups excluding tert-OH is 1. The fraction of sp³-hybridized carbons (Fsp3) is 0.458. The largest absolute Gasteiger partial charge is 0.487 e. The maximum atomic E-state index is 14.0. The summed E-state index contributed by atoms with van der Waals surface area (Å²) in [6.07, 6.45) is 3.49. The van der Waals surface area contributed by atoms with Gasteiger partial charge >= 0.3 is 0 Å². The average Bonchev–Trinajstić information content (AvgIpc) is 3.42. The highest BCUT2D eigenvalue weighted by Crippen LogP contribution is 2.35. The molecule has 2 atom stereocenters. The number of fused-ring (bicyclic) bond motifs is 4. The molecule has 1 aromatic heterocycles.